The summed E-state index contributed by atoms with van der Waals surface area (Å²) in [5.41, 5.74) is 2.89. The van der Waals surface area contributed by atoms with Crippen molar-refractivity contribution in [3.05, 3.63) is 59.7 Å². The Morgan fingerprint density at radius 3 is 1.47 bits per heavy atom. The van der Waals surface area contributed by atoms with E-state index in [1.165, 1.54) is 11.1 Å². The summed E-state index contributed by atoms with van der Waals surface area (Å²) in [5, 5.41) is 0. The van der Waals surface area contributed by atoms with E-state index in [1.807, 2.05) is 0 Å². The zero-order chi connectivity index (χ0) is 10.7. The Morgan fingerprint density at radius 1 is 0.667 bits per heavy atom. The van der Waals surface area contributed by atoms with E-state index in [-0.39, 0.29) is 0 Å². The molecule has 0 atom stereocenters. The number of aryl methyl sites for hydroxylation is 2. The van der Waals surface area contributed by atoms with Gasteiger partial charge in [-0.1, -0.05) is 0 Å². The molecule has 2 aromatic carbocycles. The molecule has 15 heavy (non-hydrogen) atoms. The molecular weight excluding hydrogens is 238 g/mol. The number of hydrogen-bond donors (Lipinski definition) is 0. The van der Waals surface area contributed by atoms with Gasteiger partial charge in [0.15, 0.2) is 0 Å². The molecule has 0 saturated carbocycles. The van der Waals surface area contributed by atoms with E-state index in [9.17, 15) is 0 Å². The monoisotopic (exact) mass is 251 g/mol. The molecule has 0 nitrogen and oxygen atoms in total. The van der Waals surface area contributed by atoms with E-state index in [0.29, 0.717) is 0 Å². The summed E-state index contributed by atoms with van der Waals surface area (Å²) in [6, 6.07) is 17.5. The first kappa shape index (κ1) is 10.6. The van der Waals surface area contributed by atoms with E-state index < -0.39 is 17.4 Å². The van der Waals surface area contributed by atoms with Crippen LogP contribution in [-0.4, -0.2) is 17.4 Å². The van der Waals surface area contributed by atoms with E-state index in [1.54, 1.807) is 8.24 Å². The van der Waals surface area contributed by atoms with Gasteiger partial charge in [0.05, 0.1) is 0 Å². The third kappa shape index (κ3) is 2.55. The van der Waals surface area contributed by atoms with Gasteiger partial charge in [0.1, 0.15) is 0 Å². The Morgan fingerprint density at radius 2 is 1.07 bits per heavy atom. The molecular formula is C14H14Ga. The van der Waals surface area contributed by atoms with E-state index in [0.717, 1.165) is 0 Å². The van der Waals surface area contributed by atoms with Crippen molar-refractivity contribution in [3.63, 3.8) is 0 Å². The van der Waals surface area contributed by atoms with Gasteiger partial charge in [0, 0.05) is 0 Å². The van der Waals surface area contributed by atoms with Crippen molar-refractivity contribution >= 4 is 25.6 Å². The normalized spacial score (nSPS) is 10.0. The summed E-state index contributed by atoms with van der Waals surface area (Å²) < 4.78 is 3.16. The third-order valence-electron chi connectivity index (χ3n) is 2.69. The zero-order valence-electron chi connectivity index (χ0n) is 9.20. The molecule has 2 aromatic rings. The van der Waals surface area contributed by atoms with Crippen molar-refractivity contribution in [3.8, 4) is 0 Å². The standard InChI is InChI=1S/2C7H7.Ga/c2*1-7-5-3-2-4-6-7;/h2*2-5H,1H3;. The summed E-state index contributed by atoms with van der Waals surface area (Å²) in [6.45, 7) is 4.43. The predicted molar refractivity (Wildman–Crippen MR) is 67.4 cm³/mol. The van der Waals surface area contributed by atoms with Crippen molar-refractivity contribution in [2.24, 2.45) is 0 Å². The van der Waals surface area contributed by atoms with Gasteiger partial charge in [-0.05, 0) is 0 Å². The quantitative estimate of drug-likeness (QED) is 0.716. The van der Waals surface area contributed by atoms with Crippen molar-refractivity contribution in [1.82, 2.24) is 0 Å². The zero-order valence-corrected chi connectivity index (χ0v) is 11.6. The molecule has 0 saturated heterocycles. The molecule has 0 aliphatic heterocycles. The maximum atomic E-state index is 2.28. The SMILES string of the molecule is Cc1cccc[c]1[Ga][c]1ccccc1C. The molecule has 0 fully saturated rings. The summed E-state index contributed by atoms with van der Waals surface area (Å²) >= 11 is -0.459. The van der Waals surface area contributed by atoms with Gasteiger partial charge in [-0.25, -0.2) is 0 Å². The molecule has 73 valence electrons. The fraction of sp³-hybridized carbons (Fsp3) is 0.143. The van der Waals surface area contributed by atoms with Gasteiger partial charge in [0.25, 0.3) is 0 Å². The number of hydrogen-bond acceptors (Lipinski definition) is 0. The summed E-state index contributed by atoms with van der Waals surface area (Å²) in [6.07, 6.45) is 0. The van der Waals surface area contributed by atoms with Crippen LogP contribution in [0.25, 0.3) is 0 Å². The fourth-order valence-electron chi connectivity index (χ4n) is 1.67. The van der Waals surface area contributed by atoms with Crippen LogP contribution in [0.2, 0.25) is 0 Å². The molecule has 0 aliphatic carbocycles. The molecule has 2 rings (SSSR count). The Hall–Kier alpha value is -0.924. The maximum absolute atomic E-state index is 2.28. The van der Waals surface area contributed by atoms with Gasteiger partial charge in [-0.15, -0.1) is 0 Å². The average molecular weight is 252 g/mol. The molecule has 0 N–H and O–H groups in total. The molecule has 0 unspecified atom stereocenters. The molecule has 0 bridgehead atoms. The van der Waals surface area contributed by atoms with Gasteiger partial charge in [0.2, 0.25) is 0 Å². The first-order valence-corrected chi connectivity index (χ1v) is 7.65. The Labute approximate surface area is 99.1 Å². The molecule has 0 amide bonds. The van der Waals surface area contributed by atoms with Crippen molar-refractivity contribution in [1.29, 1.82) is 0 Å². The predicted octanol–water partition coefficient (Wildman–Crippen LogP) is 1.96. The van der Waals surface area contributed by atoms with Crippen molar-refractivity contribution < 1.29 is 0 Å². The first-order chi connectivity index (χ1) is 7.27. The average Bonchev–Trinajstić information content (AvgIpc) is 2.24. The van der Waals surface area contributed by atoms with Crippen LogP contribution in [0.4, 0.5) is 0 Å². The van der Waals surface area contributed by atoms with Gasteiger partial charge in [-0.2, -0.15) is 0 Å². The van der Waals surface area contributed by atoms with Crippen LogP contribution in [0.5, 0.6) is 0 Å². The molecule has 1 heteroatoms. The molecule has 1 radical (unpaired) electrons. The van der Waals surface area contributed by atoms with Crippen LogP contribution in [0.3, 0.4) is 0 Å². The molecule has 0 aliphatic rings. The van der Waals surface area contributed by atoms with Crippen LogP contribution in [0.15, 0.2) is 48.5 Å². The van der Waals surface area contributed by atoms with E-state index in [2.05, 4.69) is 62.4 Å². The van der Waals surface area contributed by atoms with Crippen LogP contribution in [0.1, 0.15) is 11.1 Å². The van der Waals surface area contributed by atoms with Gasteiger partial charge in [-0.3, -0.25) is 0 Å². The summed E-state index contributed by atoms with van der Waals surface area (Å²) in [5.74, 6) is 0. The second-order valence-corrected chi connectivity index (χ2v) is 7.07. The topological polar surface area (TPSA) is 0 Å². The van der Waals surface area contributed by atoms with E-state index >= 15 is 0 Å². The molecule has 0 spiro atoms. The Balaban J connectivity index is 2.30. The molecule has 0 heterocycles. The minimum absolute atomic E-state index is 0.459. The van der Waals surface area contributed by atoms with Crippen LogP contribution in [-0.2, 0) is 0 Å². The second kappa shape index (κ2) is 4.73. The van der Waals surface area contributed by atoms with Crippen LogP contribution < -0.4 is 8.24 Å². The summed E-state index contributed by atoms with van der Waals surface area (Å²) in [4.78, 5) is 0. The number of benzene rings is 2. The van der Waals surface area contributed by atoms with Crippen LogP contribution in [0, 0.1) is 13.8 Å². The second-order valence-electron chi connectivity index (χ2n) is 3.86. The minimum atomic E-state index is -0.459. The van der Waals surface area contributed by atoms with Crippen molar-refractivity contribution in [2.75, 3.05) is 0 Å². The van der Waals surface area contributed by atoms with Crippen molar-refractivity contribution in [2.45, 2.75) is 13.8 Å². The Kier molecular flexibility index (Phi) is 3.34. The fourth-order valence-corrected chi connectivity index (χ4v) is 4.60. The number of rotatable bonds is 2. The van der Waals surface area contributed by atoms with Gasteiger partial charge >= 0.3 is 99.1 Å². The van der Waals surface area contributed by atoms with Crippen LogP contribution >= 0.6 is 0 Å². The summed E-state index contributed by atoms with van der Waals surface area (Å²) in [7, 11) is 0. The van der Waals surface area contributed by atoms with Gasteiger partial charge < -0.3 is 0 Å². The Bertz CT molecular complexity index is 417. The first-order valence-electron chi connectivity index (χ1n) is 5.23. The van der Waals surface area contributed by atoms with E-state index in [4.69, 9.17) is 0 Å². The molecule has 0 aromatic heterocycles. The third-order valence-corrected chi connectivity index (χ3v) is 6.71.